The lowest BCUT2D eigenvalue weighted by molar-refractivity contribution is 0.208. The van der Waals surface area contributed by atoms with Crippen LogP contribution in [-0.4, -0.2) is 42.1 Å². The molecule has 0 spiro atoms. The summed E-state index contributed by atoms with van der Waals surface area (Å²) in [5, 5.41) is 3.06. The summed E-state index contributed by atoms with van der Waals surface area (Å²) >= 11 is 0. The SMILES string of the molecule is Cc1cccc(C)c1NC(=O)N1CCN(c2ccncc2)CC1. The summed E-state index contributed by atoms with van der Waals surface area (Å²) in [6, 6.07) is 10.0. The molecule has 1 aliphatic heterocycles. The second-order valence-electron chi connectivity index (χ2n) is 5.88. The first kappa shape index (κ1) is 15.3. The molecule has 1 aliphatic rings. The molecule has 0 saturated carbocycles. The van der Waals surface area contributed by atoms with Gasteiger partial charge in [0.2, 0.25) is 0 Å². The number of anilines is 2. The Bertz CT molecular complexity index is 658. The van der Waals surface area contributed by atoms with Gasteiger partial charge in [0, 0.05) is 49.9 Å². The molecule has 1 N–H and O–H groups in total. The zero-order chi connectivity index (χ0) is 16.2. The highest BCUT2D eigenvalue weighted by Gasteiger charge is 2.21. The summed E-state index contributed by atoms with van der Waals surface area (Å²) in [6.45, 7) is 7.15. The molecule has 1 aromatic heterocycles. The molecular weight excluding hydrogens is 288 g/mol. The van der Waals surface area contributed by atoms with Crippen LogP contribution in [0.2, 0.25) is 0 Å². The monoisotopic (exact) mass is 310 g/mol. The zero-order valence-electron chi connectivity index (χ0n) is 13.6. The number of para-hydroxylation sites is 1. The van der Waals surface area contributed by atoms with E-state index < -0.39 is 0 Å². The smallest absolute Gasteiger partial charge is 0.321 e. The van der Waals surface area contributed by atoms with Gasteiger partial charge in [0.1, 0.15) is 0 Å². The van der Waals surface area contributed by atoms with Crippen LogP contribution in [0.3, 0.4) is 0 Å². The highest BCUT2D eigenvalue weighted by atomic mass is 16.2. The zero-order valence-corrected chi connectivity index (χ0v) is 13.6. The van der Waals surface area contributed by atoms with E-state index >= 15 is 0 Å². The number of piperazine rings is 1. The number of benzene rings is 1. The maximum absolute atomic E-state index is 12.5. The van der Waals surface area contributed by atoms with Crippen LogP contribution in [-0.2, 0) is 0 Å². The Morgan fingerprint density at radius 1 is 1.00 bits per heavy atom. The van der Waals surface area contributed by atoms with Crippen molar-refractivity contribution in [3.63, 3.8) is 0 Å². The minimum absolute atomic E-state index is 0.0169. The van der Waals surface area contributed by atoms with Gasteiger partial charge in [-0.15, -0.1) is 0 Å². The van der Waals surface area contributed by atoms with E-state index in [4.69, 9.17) is 0 Å². The number of nitrogens with zero attached hydrogens (tertiary/aromatic N) is 3. The fraction of sp³-hybridized carbons (Fsp3) is 0.333. The second-order valence-corrected chi connectivity index (χ2v) is 5.88. The van der Waals surface area contributed by atoms with Crippen LogP contribution in [0.15, 0.2) is 42.7 Å². The average molecular weight is 310 g/mol. The lowest BCUT2D eigenvalue weighted by Gasteiger charge is -2.36. The number of carbonyl (C=O) groups excluding carboxylic acids is 1. The summed E-state index contributed by atoms with van der Waals surface area (Å²) in [6.07, 6.45) is 3.60. The number of rotatable bonds is 2. The molecule has 3 rings (SSSR count). The first-order valence-corrected chi connectivity index (χ1v) is 7.92. The summed E-state index contributed by atoms with van der Waals surface area (Å²) in [5.41, 5.74) is 4.27. The maximum Gasteiger partial charge on any atom is 0.321 e. The van der Waals surface area contributed by atoms with Crippen molar-refractivity contribution in [1.29, 1.82) is 0 Å². The largest absolute Gasteiger partial charge is 0.368 e. The van der Waals surface area contributed by atoms with Crippen molar-refractivity contribution in [2.24, 2.45) is 0 Å². The molecule has 1 fully saturated rings. The van der Waals surface area contributed by atoms with E-state index in [-0.39, 0.29) is 6.03 Å². The van der Waals surface area contributed by atoms with Crippen LogP contribution in [0.1, 0.15) is 11.1 Å². The standard InChI is InChI=1S/C18H22N4O/c1-14-4-3-5-15(2)17(14)20-18(23)22-12-10-21(11-13-22)16-6-8-19-9-7-16/h3-9H,10-13H2,1-2H3,(H,20,23). The normalized spacial score (nSPS) is 14.7. The Hall–Kier alpha value is -2.56. The first-order valence-electron chi connectivity index (χ1n) is 7.92. The van der Waals surface area contributed by atoms with E-state index in [1.165, 1.54) is 0 Å². The van der Waals surface area contributed by atoms with E-state index in [9.17, 15) is 4.79 Å². The number of aromatic nitrogens is 1. The molecule has 0 aliphatic carbocycles. The first-order chi connectivity index (χ1) is 11.1. The van der Waals surface area contributed by atoms with Gasteiger partial charge in [-0.05, 0) is 37.1 Å². The number of nitrogens with one attached hydrogen (secondary N) is 1. The highest BCUT2D eigenvalue weighted by Crippen LogP contribution is 2.21. The van der Waals surface area contributed by atoms with E-state index in [0.717, 1.165) is 48.7 Å². The van der Waals surface area contributed by atoms with Crippen LogP contribution in [0.25, 0.3) is 0 Å². The number of urea groups is 1. The summed E-state index contributed by atoms with van der Waals surface area (Å²) in [7, 11) is 0. The molecule has 1 saturated heterocycles. The minimum atomic E-state index is -0.0169. The highest BCUT2D eigenvalue weighted by molar-refractivity contribution is 5.91. The molecule has 2 amide bonds. The van der Waals surface area contributed by atoms with E-state index in [2.05, 4.69) is 15.2 Å². The number of carbonyl (C=O) groups is 1. The fourth-order valence-electron chi connectivity index (χ4n) is 2.92. The topological polar surface area (TPSA) is 48.5 Å². The Balaban J connectivity index is 1.60. The van der Waals surface area contributed by atoms with Gasteiger partial charge >= 0.3 is 6.03 Å². The van der Waals surface area contributed by atoms with Gasteiger partial charge in [-0.2, -0.15) is 0 Å². The van der Waals surface area contributed by atoms with Gasteiger partial charge in [-0.25, -0.2) is 4.79 Å². The molecule has 1 aromatic carbocycles. The van der Waals surface area contributed by atoms with Crippen molar-refractivity contribution < 1.29 is 4.79 Å². The molecular formula is C18H22N4O. The summed E-state index contributed by atoms with van der Waals surface area (Å²) in [5.74, 6) is 0. The Morgan fingerprint density at radius 3 is 2.22 bits per heavy atom. The molecule has 0 radical (unpaired) electrons. The van der Waals surface area contributed by atoms with E-state index in [1.54, 1.807) is 12.4 Å². The van der Waals surface area contributed by atoms with Crippen molar-refractivity contribution in [3.8, 4) is 0 Å². The van der Waals surface area contributed by atoms with Crippen molar-refractivity contribution in [2.45, 2.75) is 13.8 Å². The summed E-state index contributed by atoms with van der Waals surface area (Å²) in [4.78, 5) is 20.7. The summed E-state index contributed by atoms with van der Waals surface area (Å²) < 4.78 is 0. The predicted octanol–water partition coefficient (Wildman–Crippen LogP) is 3.05. The molecule has 0 bridgehead atoms. The number of hydrogen-bond donors (Lipinski definition) is 1. The van der Waals surface area contributed by atoms with Crippen LogP contribution < -0.4 is 10.2 Å². The van der Waals surface area contributed by atoms with Gasteiger partial charge in [-0.1, -0.05) is 18.2 Å². The molecule has 120 valence electrons. The van der Waals surface area contributed by atoms with Gasteiger partial charge in [0.15, 0.2) is 0 Å². The molecule has 0 atom stereocenters. The Kier molecular flexibility index (Phi) is 4.46. The van der Waals surface area contributed by atoms with E-state index in [1.807, 2.05) is 49.1 Å². The van der Waals surface area contributed by atoms with Crippen molar-refractivity contribution >= 4 is 17.4 Å². The quantitative estimate of drug-likeness (QED) is 0.927. The van der Waals surface area contributed by atoms with Gasteiger partial charge in [0.05, 0.1) is 0 Å². The van der Waals surface area contributed by atoms with Crippen LogP contribution in [0.5, 0.6) is 0 Å². The number of aryl methyl sites for hydroxylation is 2. The molecule has 23 heavy (non-hydrogen) atoms. The van der Waals surface area contributed by atoms with Crippen molar-refractivity contribution in [2.75, 3.05) is 36.4 Å². The molecule has 0 unspecified atom stereocenters. The molecule has 5 heteroatoms. The van der Waals surface area contributed by atoms with Gasteiger partial charge < -0.3 is 15.1 Å². The third kappa shape index (κ3) is 3.44. The molecule has 5 nitrogen and oxygen atoms in total. The third-order valence-electron chi connectivity index (χ3n) is 4.31. The Labute approximate surface area is 136 Å². The van der Waals surface area contributed by atoms with Crippen LogP contribution in [0.4, 0.5) is 16.2 Å². The third-order valence-corrected chi connectivity index (χ3v) is 4.31. The van der Waals surface area contributed by atoms with Crippen molar-refractivity contribution in [1.82, 2.24) is 9.88 Å². The van der Waals surface area contributed by atoms with Crippen LogP contribution >= 0.6 is 0 Å². The lowest BCUT2D eigenvalue weighted by atomic mass is 10.1. The van der Waals surface area contributed by atoms with Gasteiger partial charge in [0.25, 0.3) is 0 Å². The van der Waals surface area contributed by atoms with E-state index in [0.29, 0.717) is 0 Å². The van der Waals surface area contributed by atoms with Crippen molar-refractivity contribution in [3.05, 3.63) is 53.9 Å². The second kappa shape index (κ2) is 6.69. The average Bonchev–Trinajstić information content (AvgIpc) is 2.59. The Morgan fingerprint density at radius 2 is 1.61 bits per heavy atom. The van der Waals surface area contributed by atoms with Gasteiger partial charge in [-0.3, -0.25) is 4.98 Å². The maximum atomic E-state index is 12.5. The minimum Gasteiger partial charge on any atom is -0.368 e. The molecule has 2 heterocycles. The lowest BCUT2D eigenvalue weighted by Crippen LogP contribution is -2.50. The number of hydrogen-bond acceptors (Lipinski definition) is 3. The molecule has 2 aromatic rings. The fourth-order valence-corrected chi connectivity index (χ4v) is 2.92. The predicted molar refractivity (Wildman–Crippen MR) is 93.0 cm³/mol. The van der Waals surface area contributed by atoms with Crippen LogP contribution in [0, 0.1) is 13.8 Å². The number of amides is 2. The number of pyridine rings is 1.